The first kappa shape index (κ1) is 19.4. The van der Waals surface area contributed by atoms with Crippen LogP contribution < -0.4 is 0 Å². The van der Waals surface area contributed by atoms with Crippen molar-refractivity contribution in [2.24, 2.45) is 0 Å². The minimum atomic E-state index is -1.08. The van der Waals surface area contributed by atoms with Crippen LogP contribution in [0.2, 0.25) is 0 Å². The summed E-state index contributed by atoms with van der Waals surface area (Å²) in [6, 6.07) is 4.82. The molecule has 0 fully saturated rings. The van der Waals surface area contributed by atoms with Crippen LogP contribution in [0.25, 0.3) is 0 Å². The van der Waals surface area contributed by atoms with E-state index in [-0.39, 0.29) is 17.9 Å². The molecule has 0 aliphatic heterocycles. The number of aromatic nitrogens is 1. The lowest BCUT2D eigenvalue weighted by Gasteiger charge is -2.12. The summed E-state index contributed by atoms with van der Waals surface area (Å²) in [5, 5.41) is 0. The van der Waals surface area contributed by atoms with Crippen LogP contribution in [-0.4, -0.2) is 35.4 Å². The maximum atomic E-state index is 12.9. The molecule has 1 N–H and O–H groups in total. The Morgan fingerprint density at radius 1 is 1.12 bits per heavy atom. The Bertz CT molecular complexity index is 838. The number of Topliss-reactive ketones (excluding diaryl/α,β-unsaturated/α-hetero) is 1. The summed E-state index contributed by atoms with van der Waals surface area (Å²) >= 11 is 0. The van der Waals surface area contributed by atoms with E-state index >= 15 is 0 Å². The van der Waals surface area contributed by atoms with Crippen molar-refractivity contribution in [3.05, 3.63) is 58.2 Å². The zero-order chi connectivity index (χ0) is 19.4. The maximum absolute atomic E-state index is 12.9. The number of benzene rings is 1. The van der Waals surface area contributed by atoms with E-state index in [1.807, 2.05) is 0 Å². The van der Waals surface area contributed by atoms with E-state index in [1.54, 1.807) is 20.8 Å². The predicted octanol–water partition coefficient (Wildman–Crippen LogP) is 3.38. The van der Waals surface area contributed by atoms with Gasteiger partial charge in [0.2, 0.25) is 5.78 Å². The lowest BCUT2D eigenvalue weighted by Crippen LogP contribution is -2.25. The Kier molecular flexibility index (Phi) is 5.92. The van der Waals surface area contributed by atoms with Gasteiger partial charge in [-0.15, -0.1) is 0 Å². The monoisotopic (exact) mass is 361 g/mol. The molecule has 138 valence electrons. The van der Waals surface area contributed by atoms with Gasteiger partial charge in [-0.05, 0) is 57.5 Å². The van der Waals surface area contributed by atoms with Gasteiger partial charge >= 0.3 is 11.9 Å². The number of nitrogens with one attached hydrogen (secondary N) is 1. The van der Waals surface area contributed by atoms with Gasteiger partial charge in [0.1, 0.15) is 5.82 Å². The maximum Gasteiger partial charge on any atom is 0.340 e. The van der Waals surface area contributed by atoms with Crippen molar-refractivity contribution in [3.63, 3.8) is 0 Å². The number of halogens is 1. The number of rotatable bonds is 6. The number of hydrogen-bond acceptors (Lipinski definition) is 5. The first-order valence-electron chi connectivity index (χ1n) is 8.13. The van der Waals surface area contributed by atoms with E-state index in [0.29, 0.717) is 16.8 Å². The van der Waals surface area contributed by atoms with Crippen LogP contribution in [0.15, 0.2) is 24.3 Å². The molecule has 6 nitrogen and oxygen atoms in total. The van der Waals surface area contributed by atoms with Crippen LogP contribution in [0.5, 0.6) is 0 Å². The summed E-state index contributed by atoms with van der Waals surface area (Å²) in [6.07, 6.45) is -1.08. The Morgan fingerprint density at radius 3 is 2.31 bits per heavy atom. The van der Waals surface area contributed by atoms with Gasteiger partial charge in [0.25, 0.3) is 0 Å². The van der Waals surface area contributed by atoms with Crippen LogP contribution in [-0.2, 0) is 9.47 Å². The third-order valence-corrected chi connectivity index (χ3v) is 3.90. The van der Waals surface area contributed by atoms with Gasteiger partial charge in [-0.25, -0.2) is 14.0 Å². The normalized spacial score (nSPS) is 11.7. The highest BCUT2D eigenvalue weighted by Crippen LogP contribution is 2.21. The van der Waals surface area contributed by atoms with Crippen LogP contribution >= 0.6 is 0 Å². The fourth-order valence-electron chi connectivity index (χ4n) is 2.58. The Labute approximate surface area is 150 Å². The van der Waals surface area contributed by atoms with Gasteiger partial charge < -0.3 is 14.5 Å². The van der Waals surface area contributed by atoms with E-state index in [4.69, 9.17) is 9.47 Å². The van der Waals surface area contributed by atoms with Crippen LogP contribution in [0.4, 0.5) is 4.39 Å². The smallest absolute Gasteiger partial charge is 0.340 e. The fraction of sp³-hybridized carbons (Fsp3) is 0.316. The highest BCUT2D eigenvalue weighted by atomic mass is 19.1. The van der Waals surface area contributed by atoms with Crippen LogP contribution in [0.1, 0.15) is 56.3 Å². The molecule has 0 saturated carbocycles. The number of esters is 2. The molecule has 1 aromatic heterocycles. The zero-order valence-electron chi connectivity index (χ0n) is 15.0. The molecule has 26 heavy (non-hydrogen) atoms. The molecule has 1 unspecified atom stereocenters. The number of H-pyrrole nitrogens is 1. The predicted molar refractivity (Wildman–Crippen MR) is 91.8 cm³/mol. The Morgan fingerprint density at radius 2 is 1.73 bits per heavy atom. The Balaban J connectivity index is 2.18. The van der Waals surface area contributed by atoms with Gasteiger partial charge in [0.05, 0.1) is 23.4 Å². The summed E-state index contributed by atoms with van der Waals surface area (Å²) in [4.78, 5) is 39.6. The molecule has 0 aliphatic rings. The fourth-order valence-corrected chi connectivity index (χ4v) is 2.58. The zero-order valence-corrected chi connectivity index (χ0v) is 15.0. The van der Waals surface area contributed by atoms with E-state index < -0.39 is 29.6 Å². The molecule has 0 aliphatic carbocycles. The summed E-state index contributed by atoms with van der Waals surface area (Å²) in [5.74, 6) is -2.21. The first-order valence-corrected chi connectivity index (χ1v) is 8.13. The molecular formula is C19H20FNO5. The van der Waals surface area contributed by atoms with Crippen molar-refractivity contribution in [1.29, 1.82) is 0 Å². The summed E-state index contributed by atoms with van der Waals surface area (Å²) in [6.45, 7) is 6.63. The Hall–Kier alpha value is -2.96. The first-order chi connectivity index (χ1) is 12.3. The highest BCUT2D eigenvalue weighted by molar-refractivity contribution is 6.04. The van der Waals surface area contributed by atoms with Crippen molar-refractivity contribution in [2.45, 2.75) is 33.8 Å². The highest BCUT2D eigenvalue weighted by Gasteiger charge is 2.27. The third kappa shape index (κ3) is 3.99. The second-order valence-corrected chi connectivity index (χ2v) is 5.76. The molecule has 7 heteroatoms. The molecule has 2 aromatic rings. The molecule has 0 saturated heterocycles. The molecule has 0 spiro atoms. The molecule has 2 rings (SSSR count). The minimum absolute atomic E-state index is 0.137. The van der Waals surface area contributed by atoms with E-state index in [9.17, 15) is 18.8 Å². The molecule has 0 bridgehead atoms. The lowest BCUT2D eigenvalue weighted by molar-refractivity contribution is 0.0316. The van der Waals surface area contributed by atoms with Crippen molar-refractivity contribution in [3.8, 4) is 0 Å². The van der Waals surface area contributed by atoms with Crippen LogP contribution in [0.3, 0.4) is 0 Å². The topological polar surface area (TPSA) is 85.5 Å². The van der Waals surface area contributed by atoms with Gasteiger partial charge in [0, 0.05) is 5.69 Å². The SMILES string of the molecule is CCOC(=O)c1c(C)[nH]c(C(=O)C(C)OC(=O)c2ccc(F)cc2)c1C. The number of ketones is 1. The minimum Gasteiger partial charge on any atom is -0.462 e. The second kappa shape index (κ2) is 7.95. The summed E-state index contributed by atoms with van der Waals surface area (Å²) in [7, 11) is 0. The van der Waals surface area contributed by atoms with Gasteiger partial charge in [-0.3, -0.25) is 4.79 Å². The number of aromatic amines is 1. The van der Waals surface area contributed by atoms with Gasteiger partial charge in [0.15, 0.2) is 6.10 Å². The van der Waals surface area contributed by atoms with E-state index in [2.05, 4.69) is 4.98 Å². The molecule has 1 atom stereocenters. The third-order valence-electron chi connectivity index (χ3n) is 3.90. The average molecular weight is 361 g/mol. The number of aryl methyl sites for hydroxylation is 1. The standard InChI is InChI=1S/C19H20FNO5/c1-5-25-19(24)15-10(2)16(21-11(15)3)17(22)12(4)26-18(23)13-6-8-14(20)9-7-13/h6-9,12,21H,5H2,1-4H3. The second-order valence-electron chi connectivity index (χ2n) is 5.76. The number of hydrogen-bond donors (Lipinski definition) is 1. The molecular weight excluding hydrogens is 341 g/mol. The average Bonchev–Trinajstić information content (AvgIpc) is 2.89. The van der Waals surface area contributed by atoms with Crippen molar-refractivity contribution in [2.75, 3.05) is 6.61 Å². The molecule has 1 aromatic carbocycles. The molecule has 0 radical (unpaired) electrons. The van der Waals surface area contributed by atoms with Crippen molar-refractivity contribution >= 4 is 17.7 Å². The lowest BCUT2D eigenvalue weighted by atomic mass is 10.1. The van der Waals surface area contributed by atoms with E-state index in [0.717, 1.165) is 12.1 Å². The quantitative estimate of drug-likeness (QED) is 0.630. The number of carbonyl (C=O) groups is 3. The molecule has 1 heterocycles. The largest absolute Gasteiger partial charge is 0.462 e. The number of ether oxygens (including phenoxy) is 2. The van der Waals surface area contributed by atoms with Gasteiger partial charge in [-0.1, -0.05) is 0 Å². The summed E-state index contributed by atoms with van der Waals surface area (Å²) in [5.41, 5.74) is 1.56. The van der Waals surface area contributed by atoms with Crippen molar-refractivity contribution < 1.29 is 28.2 Å². The van der Waals surface area contributed by atoms with Crippen molar-refractivity contribution in [1.82, 2.24) is 4.98 Å². The molecule has 0 amide bonds. The van der Waals surface area contributed by atoms with Crippen LogP contribution in [0, 0.1) is 19.7 Å². The van der Waals surface area contributed by atoms with Gasteiger partial charge in [-0.2, -0.15) is 0 Å². The van der Waals surface area contributed by atoms with E-state index in [1.165, 1.54) is 19.1 Å². The number of carbonyl (C=O) groups excluding carboxylic acids is 3. The summed E-state index contributed by atoms with van der Waals surface area (Å²) < 4.78 is 23.1.